The Hall–Kier alpha value is -2.51. The molecule has 0 aliphatic carbocycles. The van der Waals surface area contributed by atoms with E-state index in [1.165, 1.54) is 24.7 Å². The molecule has 0 bridgehead atoms. The van der Waals surface area contributed by atoms with Crippen LogP contribution in [0.4, 0.5) is 0 Å². The molecule has 0 aliphatic rings. The summed E-state index contributed by atoms with van der Waals surface area (Å²) in [5, 5.41) is 0. The summed E-state index contributed by atoms with van der Waals surface area (Å²) in [7, 11) is -3.77. The third-order valence-corrected chi connectivity index (χ3v) is 4.79. The highest BCUT2D eigenvalue weighted by Crippen LogP contribution is 2.23. The lowest BCUT2D eigenvalue weighted by Gasteiger charge is -2.08. The van der Waals surface area contributed by atoms with Crippen LogP contribution in [0.25, 0.3) is 11.4 Å². The van der Waals surface area contributed by atoms with Gasteiger partial charge in [-0.25, -0.2) is 17.4 Å². The standard InChI is InChI=1S/C15H14N4O2S/c16-9-13-11-19(15(18-13)12-5-2-1-3-6-12)22(20,21)14-7-4-8-17-10-14/h1-8,10-11H,9,16H2. The summed E-state index contributed by atoms with van der Waals surface area (Å²) in [6.07, 6.45) is 4.28. The maximum Gasteiger partial charge on any atom is 0.270 e. The van der Waals surface area contributed by atoms with E-state index in [4.69, 9.17) is 5.73 Å². The fourth-order valence-electron chi connectivity index (χ4n) is 2.08. The van der Waals surface area contributed by atoms with E-state index in [2.05, 4.69) is 9.97 Å². The van der Waals surface area contributed by atoms with Gasteiger partial charge in [0, 0.05) is 30.7 Å². The Kier molecular flexibility index (Phi) is 3.74. The molecule has 0 saturated carbocycles. The van der Waals surface area contributed by atoms with Gasteiger partial charge in [-0.05, 0) is 12.1 Å². The van der Waals surface area contributed by atoms with E-state index in [1.54, 1.807) is 18.2 Å². The van der Waals surface area contributed by atoms with Crippen molar-refractivity contribution in [3.05, 3.63) is 66.7 Å². The van der Waals surface area contributed by atoms with Crippen LogP contribution in [-0.4, -0.2) is 22.4 Å². The molecule has 112 valence electrons. The summed E-state index contributed by atoms with van der Waals surface area (Å²) in [6, 6.07) is 12.2. The van der Waals surface area contributed by atoms with Gasteiger partial charge in [0.15, 0.2) is 5.82 Å². The van der Waals surface area contributed by atoms with E-state index in [0.717, 1.165) is 3.97 Å². The van der Waals surface area contributed by atoms with E-state index in [1.807, 2.05) is 18.2 Å². The van der Waals surface area contributed by atoms with E-state index >= 15 is 0 Å². The molecule has 0 radical (unpaired) electrons. The zero-order chi connectivity index (χ0) is 15.6. The summed E-state index contributed by atoms with van der Waals surface area (Å²) in [5.41, 5.74) is 6.82. The summed E-state index contributed by atoms with van der Waals surface area (Å²) in [5.74, 6) is 0.338. The van der Waals surface area contributed by atoms with Gasteiger partial charge in [-0.1, -0.05) is 30.3 Å². The van der Waals surface area contributed by atoms with Crippen molar-refractivity contribution < 1.29 is 8.42 Å². The number of pyridine rings is 1. The van der Waals surface area contributed by atoms with Crippen molar-refractivity contribution in [1.82, 2.24) is 13.9 Å². The normalized spacial score (nSPS) is 11.5. The average molecular weight is 314 g/mol. The molecule has 0 saturated heterocycles. The predicted molar refractivity (Wildman–Crippen MR) is 82.4 cm³/mol. The van der Waals surface area contributed by atoms with Crippen LogP contribution in [0.5, 0.6) is 0 Å². The quantitative estimate of drug-likeness (QED) is 0.790. The molecule has 6 nitrogen and oxygen atoms in total. The molecule has 1 aromatic carbocycles. The van der Waals surface area contributed by atoms with Crippen molar-refractivity contribution in [3.8, 4) is 11.4 Å². The minimum Gasteiger partial charge on any atom is -0.325 e. The maximum absolute atomic E-state index is 12.8. The molecule has 0 aliphatic heterocycles. The van der Waals surface area contributed by atoms with Gasteiger partial charge < -0.3 is 5.73 Å². The van der Waals surface area contributed by atoms with Gasteiger partial charge in [-0.3, -0.25) is 4.98 Å². The van der Waals surface area contributed by atoms with Crippen molar-refractivity contribution >= 4 is 10.0 Å². The number of hydrogen-bond donors (Lipinski definition) is 1. The number of benzene rings is 1. The van der Waals surface area contributed by atoms with Crippen molar-refractivity contribution in [3.63, 3.8) is 0 Å². The van der Waals surface area contributed by atoms with E-state index in [9.17, 15) is 8.42 Å². The van der Waals surface area contributed by atoms with Crippen LogP contribution in [0, 0.1) is 0 Å². The SMILES string of the molecule is NCc1cn(S(=O)(=O)c2cccnc2)c(-c2ccccc2)n1. The Morgan fingerprint density at radius 1 is 1.09 bits per heavy atom. The third kappa shape index (κ3) is 2.51. The molecule has 2 N–H and O–H groups in total. The summed E-state index contributed by atoms with van der Waals surface area (Å²) >= 11 is 0. The summed E-state index contributed by atoms with van der Waals surface area (Å²) < 4.78 is 26.8. The van der Waals surface area contributed by atoms with Crippen molar-refractivity contribution in [2.75, 3.05) is 0 Å². The highest BCUT2D eigenvalue weighted by atomic mass is 32.2. The molecule has 0 unspecified atom stereocenters. The van der Waals surface area contributed by atoms with Gasteiger partial charge >= 0.3 is 0 Å². The fraction of sp³-hybridized carbons (Fsp3) is 0.0667. The monoisotopic (exact) mass is 314 g/mol. The number of nitrogens with zero attached hydrogens (tertiary/aromatic N) is 3. The van der Waals surface area contributed by atoms with Crippen LogP contribution in [0.3, 0.4) is 0 Å². The number of nitrogens with two attached hydrogens (primary N) is 1. The highest BCUT2D eigenvalue weighted by Gasteiger charge is 2.22. The number of rotatable bonds is 4. The first-order chi connectivity index (χ1) is 10.6. The van der Waals surface area contributed by atoms with Gasteiger partial charge in [0.25, 0.3) is 10.0 Å². The first kappa shape index (κ1) is 14.4. The summed E-state index contributed by atoms with van der Waals surface area (Å²) in [6.45, 7) is 0.162. The molecule has 2 aromatic heterocycles. The average Bonchev–Trinajstić information content (AvgIpc) is 3.02. The lowest BCUT2D eigenvalue weighted by molar-refractivity contribution is 0.587. The lowest BCUT2D eigenvalue weighted by Crippen LogP contribution is -2.13. The molecule has 0 spiro atoms. The maximum atomic E-state index is 12.8. The van der Waals surface area contributed by atoms with Gasteiger partial charge in [-0.2, -0.15) is 0 Å². The van der Waals surface area contributed by atoms with E-state index < -0.39 is 10.0 Å². The van der Waals surface area contributed by atoms with E-state index in [-0.39, 0.29) is 11.4 Å². The number of hydrogen-bond acceptors (Lipinski definition) is 5. The Morgan fingerprint density at radius 2 is 1.86 bits per heavy atom. The lowest BCUT2D eigenvalue weighted by atomic mass is 10.2. The predicted octanol–water partition coefficient (Wildman–Crippen LogP) is 1.64. The molecule has 2 heterocycles. The first-order valence-electron chi connectivity index (χ1n) is 6.62. The number of aromatic nitrogens is 3. The zero-order valence-electron chi connectivity index (χ0n) is 11.6. The van der Waals surface area contributed by atoms with Crippen LogP contribution in [0.15, 0.2) is 66.0 Å². The molecule has 22 heavy (non-hydrogen) atoms. The number of imidazole rings is 1. The molecule has 0 amide bonds. The van der Waals surface area contributed by atoms with Gasteiger partial charge in [0.1, 0.15) is 4.90 Å². The smallest absolute Gasteiger partial charge is 0.270 e. The Labute approximate surface area is 128 Å². The van der Waals surface area contributed by atoms with Gasteiger partial charge in [0.05, 0.1) is 5.69 Å². The van der Waals surface area contributed by atoms with Gasteiger partial charge in [-0.15, -0.1) is 0 Å². The molecule has 3 aromatic rings. The van der Waals surface area contributed by atoms with Crippen molar-refractivity contribution in [2.24, 2.45) is 5.73 Å². The summed E-state index contributed by atoms with van der Waals surface area (Å²) in [4.78, 5) is 8.30. The topological polar surface area (TPSA) is 90.9 Å². The molecular formula is C15H14N4O2S. The van der Waals surface area contributed by atoms with Crippen molar-refractivity contribution in [2.45, 2.75) is 11.4 Å². The van der Waals surface area contributed by atoms with Crippen LogP contribution in [-0.2, 0) is 16.6 Å². The van der Waals surface area contributed by atoms with Crippen LogP contribution in [0.2, 0.25) is 0 Å². The minimum absolute atomic E-state index is 0.105. The Bertz CT molecular complexity index is 874. The molecule has 7 heteroatoms. The first-order valence-corrected chi connectivity index (χ1v) is 8.06. The van der Waals surface area contributed by atoms with Crippen LogP contribution < -0.4 is 5.73 Å². The van der Waals surface area contributed by atoms with E-state index in [0.29, 0.717) is 17.1 Å². The second kappa shape index (κ2) is 5.70. The molecule has 0 fully saturated rings. The second-order valence-corrected chi connectivity index (χ2v) is 6.43. The highest BCUT2D eigenvalue weighted by molar-refractivity contribution is 7.90. The Morgan fingerprint density at radius 3 is 2.50 bits per heavy atom. The Balaban J connectivity index is 2.21. The largest absolute Gasteiger partial charge is 0.325 e. The molecule has 3 rings (SSSR count). The minimum atomic E-state index is -3.77. The van der Waals surface area contributed by atoms with Crippen LogP contribution >= 0.6 is 0 Å². The van der Waals surface area contributed by atoms with Crippen LogP contribution in [0.1, 0.15) is 5.69 Å². The molecule has 0 atom stereocenters. The van der Waals surface area contributed by atoms with Crippen molar-refractivity contribution in [1.29, 1.82) is 0 Å². The van der Waals surface area contributed by atoms with Gasteiger partial charge in [0.2, 0.25) is 0 Å². The fourth-order valence-corrected chi connectivity index (χ4v) is 3.39. The molecular weight excluding hydrogens is 300 g/mol. The second-order valence-electron chi connectivity index (χ2n) is 4.62. The third-order valence-electron chi connectivity index (χ3n) is 3.16. The zero-order valence-corrected chi connectivity index (χ0v) is 12.4.